The fourth-order valence-electron chi connectivity index (χ4n) is 2.27. The number of hydrogen-bond acceptors (Lipinski definition) is 2. The van der Waals surface area contributed by atoms with Crippen molar-refractivity contribution < 1.29 is 4.74 Å². The number of ether oxygens (including phenoxy) is 1. The molecule has 2 bridgehead atoms. The molecule has 0 aromatic rings. The summed E-state index contributed by atoms with van der Waals surface area (Å²) in [6.45, 7) is 2.89. The van der Waals surface area contributed by atoms with E-state index in [2.05, 4.69) is 11.0 Å². The molecule has 0 spiro atoms. The van der Waals surface area contributed by atoms with Crippen molar-refractivity contribution in [3.05, 3.63) is 12.2 Å². The maximum atomic E-state index is 5.58. The first-order valence-corrected chi connectivity index (χ1v) is 5.49. The van der Waals surface area contributed by atoms with Gasteiger partial charge in [-0.25, -0.2) is 0 Å². The quantitative estimate of drug-likeness (QED) is 0.509. The smallest absolute Gasteiger partial charge is 0.0622 e. The number of halogens is 1. The van der Waals surface area contributed by atoms with E-state index in [9.17, 15) is 0 Å². The van der Waals surface area contributed by atoms with Crippen LogP contribution in [-0.2, 0) is 4.74 Å². The number of fused-ring (bicyclic) bond motifs is 2. The zero-order chi connectivity index (χ0) is 9.10. The van der Waals surface area contributed by atoms with E-state index >= 15 is 0 Å². The van der Waals surface area contributed by atoms with Crippen molar-refractivity contribution in [1.82, 2.24) is 4.90 Å². The van der Waals surface area contributed by atoms with Crippen LogP contribution in [0.25, 0.3) is 0 Å². The largest absolute Gasteiger partial charge is 0.378 e. The van der Waals surface area contributed by atoms with Crippen molar-refractivity contribution in [3.8, 4) is 0 Å². The van der Waals surface area contributed by atoms with Gasteiger partial charge in [-0.15, -0.1) is 11.6 Å². The normalized spacial score (nSPS) is 34.5. The maximum absolute atomic E-state index is 5.58. The molecule has 13 heavy (non-hydrogen) atoms. The highest BCUT2D eigenvalue weighted by molar-refractivity contribution is 6.18. The Balaban J connectivity index is 1.88. The van der Waals surface area contributed by atoms with E-state index in [1.165, 1.54) is 12.8 Å². The summed E-state index contributed by atoms with van der Waals surface area (Å²) in [6, 6.07) is 1.33. The van der Waals surface area contributed by atoms with Crippen LogP contribution in [0.15, 0.2) is 12.2 Å². The van der Waals surface area contributed by atoms with Crippen molar-refractivity contribution in [1.29, 1.82) is 0 Å². The van der Waals surface area contributed by atoms with E-state index in [-0.39, 0.29) is 0 Å². The van der Waals surface area contributed by atoms with Crippen LogP contribution in [0.3, 0.4) is 0 Å². The first kappa shape index (κ1) is 9.50. The van der Waals surface area contributed by atoms with E-state index in [1.807, 2.05) is 6.08 Å². The summed E-state index contributed by atoms with van der Waals surface area (Å²) in [5.74, 6) is 0.625. The van der Waals surface area contributed by atoms with Gasteiger partial charge in [-0.3, -0.25) is 4.90 Å². The Kier molecular flexibility index (Phi) is 3.25. The van der Waals surface area contributed by atoms with Gasteiger partial charge in [0.05, 0.1) is 13.2 Å². The number of nitrogens with zero attached hydrogens (tertiary/aromatic N) is 1. The van der Waals surface area contributed by atoms with E-state index < -0.39 is 0 Å². The van der Waals surface area contributed by atoms with Gasteiger partial charge in [0, 0.05) is 24.5 Å². The first-order valence-electron chi connectivity index (χ1n) is 4.96. The topological polar surface area (TPSA) is 12.5 Å². The Morgan fingerprint density at radius 2 is 1.92 bits per heavy atom. The molecule has 0 saturated carbocycles. The van der Waals surface area contributed by atoms with Crippen LogP contribution in [0.2, 0.25) is 0 Å². The molecule has 0 N–H and O–H groups in total. The third-order valence-corrected chi connectivity index (χ3v) is 3.14. The van der Waals surface area contributed by atoms with Crippen LogP contribution in [-0.4, -0.2) is 42.6 Å². The van der Waals surface area contributed by atoms with Gasteiger partial charge in [0.25, 0.3) is 0 Å². The zero-order valence-electron chi connectivity index (χ0n) is 7.79. The molecule has 2 aliphatic rings. The summed E-state index contributed by atoms with van der Waals surface area (Å²) in [4.78, 5) is 2.55. The minimum absolute atomic E-state index is 0.625. The molecule has 2 saturated heterocycles. The van der Waals surface area contributed by atoms with Crippen molar-refractivity contribution in [3.63, 3.8) is 0 Å². The molecule has 0 amide bonds. The third-order valence-electron chi connectivity index (χ3n) is 2.96. The predicted octanol–water partition coefficient (Wildman–Crippen LogP) is 1.64. The van der Waals surface area contributed by atoms with Gasteiger partial charge >= 0.3 is 0 Å². The second-order valence-corrected chi connectivity index (χ2v) is 4.05. The minimum Gasteiger partial charge on any atom is -0.378 e. The summed E-state index contributed by atoms with van der Waals surface area (Å²) in [6.07, 6.45) is 6.80. The van der Waals surface area contributed by atoms with E-state index in [4.69, 9.17) is 16.3 Å². The Morgan fingerprint density at radius 1 is 1.23 bits per heavy atom. The Labute approximate surface area is 84.5 Å². The van der Waals surface area contributed by atoms with E-state index in [0.29, 0.717) is 18.0 Å². The monoisotopic (exact) mass is 201 g/mol. The van der Waals surface area contributed by atoms with Crippen LogP contribution in [0, 0.1) is 0 Å². The highest BCUT2D eigenvalue weighted by atomic mass is 35.5. The van der Waals surface area contributed by atoms with Gasteiger partial charge in [-0.2, -0.15) is 0 Å². The van der Waals surface area contributed by atoms with Crippen LogP contribution >= 0.6 is 11.6 Å². The van der Waals surface area contributed by atoms with Crippen molar-refractivity contribution in [2.24, 2.45) is 0 Å². The molecule has 0 aliphatic carbocycles. The molecule has 0 radical (unpaired) electrons. The highest BCUT2D eigenvalue weighted by Gasteiger charge is 2.36. The standard InChI is InChI=1S/C10H16ClNO/c11-5-1-2-6-12-9-3-4-10(12)8-13-7-9/h1-2,9-10H,3-8H2/b2-1+. The second-order valence-electron chi connectivity index (χ2n) is 3.74. The molecule has 2 aliphatic heterocycles. The van der Waals surface area contributed by atoms with E-state index in [0.717, 1.165) is 19.8 Å². The lowest BCUT2D eigenvalue weighted by atomic mass is 10.2. The molecule has 3 heteroatoms. The molecular weight excluding hydrogens is 186 g/mol. The van der Waals surface area contributed by atoms with Crippen molar-refractivity contribution in [2.45, 2.75) is 24.9 Å². The van der Waals surface area contributed by atoms with Gasteiger partial charge in [0.2, 0.25) is 0 Å². The molecule has 0 aromatic heterocycles. The lowest BCUT2D eigenvalue weighted by molar-refractivity contribution is -0.00844. The SMILES string of the molecule is ClC/C=C/CN1C2CCC1COC2. The van der Waals surface area contributed by atoms with Crippen molar-refractivity contribution >= 4 is 11.6 Å². The van der Waals surface area contributed by atoms with E-state index in [1.54, 1.807) is 0 Å². The summed E-state index contributed by atoms with van der Waals surface area (Å²) < 4.78 is 5.50. The third kappa shape index (κ3) is 2.06. The van der Waals surface area contributed by atoms with Gasteiger partial charge in [0.1, 0.15) is 0 Å². The minimum atomic E-state index is 0.625. The van der Waals surface area contributed by atoms with Gasteiger partial charge in [-0.05, 0) is 12.8 Å². The fourth-order valence-corrected chi connectivity index (χ4v) is 2.40. The Hall–Kier alpha value is -0.0500. The predicted molar refractivity (Wildman–Crippen MR) is 54.2 cm³/mol. The summed E-state index contributed by atoms with van der Waals surface area (Å²) in [5, 5.41) is 0. The molecular formula is C10H16ClNO. The lowest BCUT2D eigenvalue weighted by Crippen LogP contribution is -2.45. The number of hydrogen-bond donors (Lipinski definition) is 0. The second kappa shape index (κ2) is 4.45. The number of morpholine rings is 1. The first-order chi connectivity index (χ1) is 6.42. The number of allylic oxidation sites excluding steroid dienone is 1. The fraction of sp³-hybridized carbons (Fsp3) is 0.800. The molecule has 0 aromatic carbocycles. The van der Waals surface area contributed by atoms with Crippen LogP contribution in [0.4, 0.5) is 0 Å². The van der Waals surface area contributed by atoms with Crippen LogP contribution < -0.4 is 0 Å². The van der Waals surface area contributed by atoms with Gasteiger partial charge < -0.3 is 4.74 Å². The molecule has 2 nitrogen and oxygen atoms in total. The molecule has 2 heterocycles. The van der Waals surface area contributed by atoms with Crippen LogP contribution in [0.5, 0.6) is 0 Å². The highest BCUT2D eigenvalue weighted by Crippen LogP contribution is 2.28. The average molecular weight is 202 g/mol. The molecule has 2 unspecified atom stereocenters. The molecule has 2 atom stereocenters. The summed E-state index contributed by atoms with van der Waals surface area (Å²) in [7, 11) is 0. The number of alkyl halides is 1. The van der Waals surface area contributed by atoms with Gasteiger partial charge in [0.15, 0.2) is 0 Å². The summed E-state index contributed by atoms with van der Waals surface area (Å²) in [5.41, 5.74) is 0. The average Bonchev–Trinajstić information content (AvgIpc) is 2.38. The van der Waals surface area contributed by atoms with Gasteiger partial charge in [-0.1, -0.05) is 12.2 Å². The molecule has 2 rings (SSSR count). The Morgan fingerprint density at radius 3 is 2.54 bits per heavy atom. The zero-order valence-corrected chi connectivity index (χ0v) is 8.54. The number of rotatable bonds is 3. The molecule has 74 valence electrons. The molecule has 2 fully saturated rings. The van der Waals surface area contributed by atoms with Crippen molar-refractivity contribution in [2.75, 3.05) is 25.6 Å². The maximum Gasteiger partial charge on any atom is 0.0622 e. The lowest BCUT2D eigenvalue weighted by Gasteiger charge is -2.33. The summed E-state index contributed by atoms with van der Waals surface area (Å²) >= 11 is 5.58. The van der Waals surface area contributed by atoms with Crippen LogP contribution in [0.1, 0.15) is 12.8 Å². The Bertz CT molecular complexity index is 179.